The van der Waals surface area contributed by atoms with E-state index in [9.17, 15) is 9.59 Å². The van der Waals surface area contributed by atoms with Gasteiger partial charge in [-0.3, -0.25) is 9.59 Å². The minimum Gasteiger partial charge on any atom is -0.491 e. The summed E-state index contributed by atoms with van der Waals surface area (Å²) < 4.78 is 12.9. The second-order valence-corrected chi connectivity index (χ2v) is 14.4. The fourth-order valence-electron chi connectivity index (χ4n) is 10.1. The first-order chi connectivity index (χ1) is 18.5. The Morgan fingerprint density at radius 1 is 1.18 bits per heavy atom. The largest absolute Gasteiger partial charge is 0.491 e. The Morgan fingerprint density at radius 3 is 2.64 bits per heavy atom. The van der Waals surface area contributed by atoms with Crippen LogP contribution >= 0.6 is 0 Å². The van der Waals surface area contributed by atoms with Crippen LogP contribution in [0.3, 0.4) is 0 Å². The van der Waals surface area contributed by atoms with Gasteiger partial charge in [-0.05, 0) is 98.4 Å². The lowest BCUT2D eigenvalue weighted by Gasteiger charge is -2.58. The highest BCUT2D eigenvalue weighted by Gasteiger charge is 2.68. The van der Waals surface area contributed by atoms with Gasteiger partial charge in [0.2, 0.25) is 5.91 Å². The van der Waals surface area contributed by atoms with E-state index in [2.05, 4.69) is 46.0 Å². The number of carbonyl (C=O) groups is 2. The maximum Gasteiger partial charge on any atom is 0.305 e. The van der Waals surface area contributed by atoms with E-state index in [1.54, 1.807) is 12.5 Å². The molecule has 39 heavy (non-hydrogen) atoms. The number of amides is 1. The van der Waals surface area contributed by atoms with Crippen molar-refractivity contribution >= 4 is 11.9 Å². The molecule has 0 saturated heterocycles. The number of fused-ring (bicyclic) bond motifs is 7. The zero-order valence-corrected chi connectivity index (χ0v) is 25.7. The van der Waals surface area contributed by atoms with Crippen molar-refractivity contribution in [3.05, 3.63) is 23.0 Å². The summed E-state index contributed by atoms with van der Waals surface area (Å²) in [7, 11) is 0. The minimum absolute atomic E-state index is 0.0501. The standard InChI is InChI=1S/C34H53NO4/c1-8-30(37)38-25-14-16-32(6)24(18-25)11-12-26-27(32)15-17-33(7)28(26)19-34(9-2)31(33)22(4)29(39-34)13-10-21(3)20-35-23(5)36/h11,21,25-28,31H,8-10,12-20H2,1-7H3,(H,35,36)/t21-,25+,26+,27-,28-,31+,32+,33+,34-/m1/s1. The van der Waals surface area contributed by atoms with Gasteiger partial charge in [0.1, 0.15) is 11.7 Å². The molecular formula is C34H53NO4. The molecule has 1 aliphatic heterocycles. The van der Waals surface area contributed by atoms with E-state index in [4.69, 9.17) is 9.47 Å². The summed E-state index contributed by atoms with van der Waals surface area (Å²) in [5.41, 5.74) is 3.57. The first kappa shape index (κ1) is 28.7. The number of esters is 1. The molecule has 4 aliphatic carbocycles. The molecule has 0 aromatic rings. The van der Waals surface area contributed by atoms with Crippen molar-refractivity contribution < 1.29 is 19.1 Å². The van der Waals surface area contributed by atoms with Gasteiger partial charge in [0.15, 0.2) is 0 Å². The number of rotatable bonds is 8. The average Bonchev–Trinajstić information content (AvgIpc) is 3.34. The predicted molar refractivity (Wildman–Crippen MR) is 155 cm³/mol. The van der Waals surface area contributed by atoms with Crippen LogP contribution in [0.25, 0.3) is 0 Å². The first-order valence-electron chi connectivity index (χ1n) is 16.0. The maximum absolute atomic E-state index is 12.0. The van der Waals surface area contributed by atoms with Crippen LogP contribution in [0.15, 0.2) is 23.0 Å². The number of allylic oxidation sites excluding steroid dienone is 2. The van der Waals surface area contributed by atoms with Crippen LogP contribution in [0.1, 0.15) is 119 Å². The lowest BCUT2D eigenvalue weighted by Crippen LogP contribution is -2.50. The lowest BCUT2D eigenvalue weighted by molar-refractivity contribution is -0.151. The van der Waals surface area contributed by atoms with Crippen LogP contribution < -0.4 is 5.32 Å². The normalized spacial score (nSPS) is 41.4. The second-order valence-electron chi connectivity index (χ2n) is 14.4. The molecular weight excluding hydrogens is 486 g/mol. The average molecular weight is 540 g/mol. The molecule has 1 N–H and O–H groups in total. The molecule has 0 aromatic carbocycles. The summed E-state index contributed by atoms with van der Waals surface area (Å²) in [5.74, 6) is 4.35. The van der Waals surface area contributed by atoms with E-state index in [1.165, 1.54) is 37.0 Å². The van der Waals surface area contributed by atoms with Gasteiger partial charge in [0.25, 0.3) is 0 Å². The van der Waals surface area contributed by atoms with Gasteiger partial charge >= 0.3 is 5.97 Å². The van der Waals surface area contributed by atoms with Gasteiger partial charge in [0.05, 0.1) is 5.76 Å². The quantitative estimate of drug-likeness (QED) is 0.256. The Bertz CT molecular complexity index is 1050. The summed E-state index contributed by atoms with van der Waals surface area (Å²) >= 11 is 0. The van der Waals surface area contributed by atoms with Crippen molar-refractivity contribution in [3.63, 3.8) is 0 Å². The van der Waals surface area contributed by atoms with Crippen LogP contribution in [0.2, 0.25) is 0 Å². The Labute approximate surface area is 236 Å². The van der Waals surface area contributed by atoms with Crippen LogP contribution in [0.5, 0.6) is 0 Å². The Kier molecular flexibility index (Phi) is 7.78. The highest BCUT2D eigenvalue weighted by atomic mass is 16.5. The highest BCUT2D eigenvalue weighted by molar-refractivity contribution is 5.72. The second kappa shape index (κ2) is 10.6. The molecule has 5 rings (SSSR count). The van der Waals surface area contributed by atoms with Gasteiger partial charge in [-0.2, -0.15) is 0 Å². The zero-order valence-electron chi connectivity index (χ0n) is 25.7. The van der Waals surface area contributed by atoms with E-state index < -0.39 is 0 Å². The molecule has 5 aliphatic rings. The highest BCUT2D eigenvalue weighted by Crippen LogP contribution is 2.72. The van der Waals surface area contributed by atoms with Crippen molar-refractivity contribution in [3.8, 4) is 0 Å². The lowest BCUT2D eigenvalue weighted by atomic mass is 9.47. The molecule has 3 fully saturated rings. The van der Waals surface area contributed by atoms with Crippen molar-refractivity contribution in [1.29, 1.82) is 0 Å². The number of hydrogen-bond acceptors (Lipinski definition) is 4. The molecule has 5 heteroatoms. The molecule has 3 saturated carbocycles. The van der Waals surface area contributed by atoms with E-state index in [1.807, 2.05) is 6.92 Å². The van der Waals surface area contributed by atoms with Gasteiger partial charge < -0.3 is 14.8 Å². The molecule has 1 heterocycles. The molecule has 0 aromatic heterocycles. The van der Waals surface area contributed by atoms with E-state index in [-0.39, 0.29) is 29.0 Å². The Hall–Kier alpha value is -1.78. The molecule has 9 atom stereocenters. The first-order valence-corrected chi connectivity index (χ1v) is 16.0. The van der Waals surface area contributed by atoms with E-state index in [0.717, 1.165) is 56.9 Å². The molecule has 218 valence electrons. The van der Waals surface area contributed by atoms with Crippen molar-refractivity contribution in [2.45, 2.75) is 131 Å². The number of carbonyl (C=O) groups excluding carboxylic acids is 2. The Morgan fingerprint density at radius 2 is 1.95 bits per heavy atom. The zero-order chi connectivity index (χ0) is 28.2. The van der Waals surface area contributed by atoms with Crippen LogP contribution in [0.4, 0.5) is 0 Å². The topological polar surface area (TPSA) is 64.6 Å². The van der Waals surface area contributed by atoms with Crippen molar-refractivity contribution in [2.75, 3.05) is 6.54 Å². The Balaban J connectivity index is 1.34. The van der Waals surface area contributed by atoms with Gasteiger partial charge in [-0.1, -0.05) is 46.3 Å². The molecule has 0 spiro atoms. The molecule has 0 unspecified atom stereocenters. The van der Waals surface area contributed by atoms with Crippen molar-refractivity contribution in [1.82, 2.24) is 5.32 Å². The third-order valence-electron chi connectivity index (χ3n) is 12.2. The molecule has 0 bridgehead atoms. The minimum atomic E-state index is -0.0568. The summed E-state index contributed by atoms with van der Waals surface area (Å²) in [6.07, 6.45) is 14.2. The number of nitrogens with one attached hydrogen (secondary N) is 1. The fraction of sp³-hybridized carbons (Fsp3) is 0.824. The van der Waals surface area contributed by atoms with Crippen LogP contribution in [-0.2, 0) is 19.1 Å². The van der Waals surface area contributed by atoms with E-state index >= 15 is 0 Å². The predicted octanol–water partition coefficient (Wildman–Crippen LogP) is 7.50. The molecule has 1 amide bonds. The fourth-order valence-corrected chi connectivity index (χ4v) is 10.1. The van der Waals surface area contributed by atoms with Gasteiger partial charge in [-0.25, -0.2) is 0 Å². The summed E-state index contributed by atoms with van der Waals surface area (Å²) in [5, 5.41) is 2.97. The third kappa shape index (κ3) is 4.78. The van der Waals surface area contributed by atoms with Crippen LogP contribution in [-0.4, -0.2) is 30.1 Å². The molecule has 5 nitrogen and oxygen atoms in total. The summed E-state index contributed by atoms with van der Waals surface area (Å²) in [4.78, 5) is 23.3. The summed E-state index contributed by atoms with van der Waals surface area (Å²) in [6, 6.07) is 0. The van der Waals surface area contributed by atoms with Gasteiger partial charge in [0, 0.05) is 38.6 Å². The smallest absolute Gasteiger partial charge is 0.305 e. The number of hydrogen-bond donors (Lipinski definition) is 1. The van der Waals surface area contributed by atoms with Gasteiger partial charge in [-0.15, -0.1) is 0 Å². The maximum atomic E-state index is 12.0. The third-order valence-corrected chi connectivity index (χ3v) is 12.2. The summed E-state index contributed by atoms with van der Waals surface area (Å²) in [6.45, 7) is 16.3. The monoisotopic (exact) mass is 539 g/mol. The van der Waals surface area contributed by atoms with Crippen LogP contribution in [0, 0.1) is 40.4 Å². The van der Waals surface area contributed by atoms with Crippen molar-refractivity contribution in [2.24, 2.45) is 40.4 Å². The molecule has 0 radical (unpaired) electrons. The van der Waals surface area contributed by atoms with E-state index in [0.29, 0.717) is 29.6 Å². The SMILES string of the molecule is CCC(=O)O[C@H]1CC[C@@]2(C)C(=CC[C@@H]3[C@H]4C[C@@]5(CC)OC(CC[C@@H](C)CNC(C)=O)=C(C)[C@H]5[C@@]4(C)CC[C@H]32)C1. The number of ether oxygens (including phenoxy) is 2.